The second-order valence-corrected chi connectivity index (χ2v) is 7.10. The van der Waals surface area contributed by atoms with E-state index in [2.05, 4.69) is 12.2 Å². The predicted octanol–water partition coefficient (Wildman–Crippen LogP) is 4.46. The van der Waals surface area contributed by atoms with Crippen LogP contribution in [0, 0.1) is 0 Å². The van der Waals surface area contributed by atoms with E-state index in [1.54, 1.807) is 0 Å². The molecule has 1 heterocycles. The molecule has 1 aliphatic rings. The lowest BCUT2D eigenvalue weighted by Crippen LogP contribution is -2.25. The maximum Gasteiger partial charge on any atom is 0.305 e. The Morgan fingerprint density at radius 3 is 1.50 bits per heavy atom. The Balaban J connectivity index is 2.28. The first kappa shape index (κ1) is 22.7. The Labute approximate surface area is 158 Å². The van der Waals surface area contributed by atoms with Gasteiger partial charge < -0.3 is 14.6 Å². The number of aliphatic hydroxyl groups is 1. The number of esters is 2. The van der Waals surface area contributed by atoms with Gasteiger partial charge in [0.15, 0.2) is 0 Å². The Morgan fingerprint density at radius 1 is 0.654 bits per heavy atom. The van der Waals surface area contributed by atoms with Crippen molar-refractivity contribution in [1.82, 2.24) is 0 Å². The van der Waals surface area contributed by atoms with Gasteiger partial charge in [-0.05, 0) is 38.5 Å². The SMILES string of the molecule is O=C1CCCCCCCC=CCCCCCCCC(=O)OCC(O)CO1. The summed E-state index contributed by atoms with van der Waals surface area (Å²) in [6.07, 6.45) is 17.5. The first-order chi connectivity index (χ1) is 12.7. The number of rotatable bonds is 0. The summed E-state index contributed by atoms with van der Waals surface area (Å²) in [5.41, 5.74) is 0. The van der Waals surface area contributed by atoms with Gasteiger partial charge in [-0.15, -0.1) is 0 Å². The molecule has 0 spiro atoms. The molecule has 0 aromatic heterocycles. The van der Waals surface area contributed by atoms with Crippen LogP contribution >= 0.6 is 0 Å². The van der Waals surface area contributed by atoms with Gasteiger partial charge in [-0.25, -0.2) is 0 Å². The van der Waals surface area contributed by atoms with Crippen LogP contribution in [0.2, 0.25) is 0 Å². The fourth-order valence-corrected chi connectivity index (χ4v) is 2.93. The topological polar surface area (TPSA) is 72.8 Å². The standard InChI is InChI=1S/C21H36O5/c22-19-17-25-20(23)15-13-11-9-7-5-3-1-2-4-6-8-10-12-14-16-21(24)26-18-19/h1-2,19,22H,3-18H2. The van der Waals surface area contributed by atoms with E-state index in [-0.39, 0.29) is 25.2 Å². The fraction of sp³-hybridized carbons (Fsp3) is 0.810. The van der Waals surface area contributed by atoms with E-state index in [0.717, 1.165) is 51.4 Å². The van der Waals surface area contributed by atoms with Crippen molar-refractivity contribution in [1.29, 1.82) is 0 Å². The minimum Gasteiger partial charge on any atom is -0.463 e. The van der Waals surface area contributed by atoms with Crippen LogP contribution in [-0.4, -0.2) is 36.4 Å². The summed E-state index contributed by atoms with van der Waals surface area (Å²) in [5.74, 6) is -0.589. The molecular weight excluding hydrogens is 332 g/mol. The average Bonchev–Trinajstić information content (AvgIpc) is 2.63. The molecule has 150 valence electrons. The lowest BCUT2D eigenvalue weighted by molar-refractivity contribution is -0.152. The van der Waals surface area contributed by atoms with Crippen LogP contribution in [-0.2, 0) is 19.1 Å². The van der Waals surface area contributed by atoms with Gasteiger partial charge in [0.1, 0.15) is 19.3 Å². The van der Waals surface area contributed by atoms with Crippen molar-refractivity contribution in [2.24, 2.45) is 0 Å². The molecule has 5 heteroatoms. The Kier molecular flexibility index (Phi) is 13.8. The molecule has 26 heavy (non-hydrogen) atoms. The summed E-state index contributed by atoms with van der Waals surface area (Å²) >= 11 is 0. The lowest BCUT2D eigenvalue weighted by Gasteiger charge is -2.12. The molecule has 5 nitrogen and oxygen atoms in total. The van der Waals surface area contributed by atoms with E-state index in [4.69, 9.17) is 9.47 Å². The first-order valence-electron chi connectivity index (χ1n) is 10.3. The van der Waals surface area contributed by atoms with E-state index in [1.807, 2.05) is 0 Å². The lowest BCUT2D eigenvalue weighted by atomic mass is 10.1. The normalized spacial score (nSPS) is 22.3. The monoisotopic (exact) mass is 368 g/mol. The number of ether oxygens (including phenoxy) is 2. The van der Waals surface area contributed by atoms with E-state index in [1.165, 1.54) is 25.7 Å². The van der Waals surface area contributed by atoms with Gasteiger partial charge in [0, 0.05) is 12.8 Å². The van der Waals surface area contributed by atoms with Crippen molar-refractivity contribution in [2.75, 3.05) is 13.2 Å². The maximum absolute atomic E-state index is 11.6. The van der Waals surface area contributed by atoms with Crippen molar-refractivity contribution in [3.05, 3.63) is 12.2 Å². The average molecular weight is 369 g/mol. The van der Waals surface area contributed by atoms with Gasteiger partial charge in [-0.1, -0.05) is 50.7 Å². The number of carbonyl (C=O) groups is 2. The number of allylic oxidation sites excluding steroid dienone is 2. The number of carbonyl (C=O) groups excluding carboxylic acids is 2. The Morgan fingerprint density at radius 2 is 1.04 bits per heavy atom. The molecule has 0 unspecified atom stereocenters. The molecule has 0 bridgehead atoms. The van der Waals surface area contributed by atoms with Crippen molar-refractivity contribution >= 4 is 11.9 Å². The van der Waals surface area contributed by atoms with Crippen LogP contribution in [0.4, 0.5) is 0 Å². The second kappa shape index (κ2) is 15.9. The number of hydrogen-bond acceptors (Lipinski definition) is 5. The fourth-order valence-electron chi connectivity index (χ4n) is 2.93. The van der Waals surface area contributed by atoms with Crippen LogP contribution in [0.15, 0.2) is 12.2 Å². The van der Waals surface area contributed by atoms with Crippen LogP contribution in [0.1, 0.15) is 89.9 Å². The minimum atomic E-state index is -0.947. The van der Waals surface area contributed by atoms with Gasteiger partial charge in [0.2, 0.25) is 0 Å². The quantitative estimate of drug-likeness (QED) is 0.505. The summed E-state index contributed by atoms with van der Waals surface area (Å²) in [5, 5.41) is 9.73. The van der Waals surface area contributed by atoms with E-state index < -0.39 is 6.10 Å². The molecule has 0 radical (unpaired) electrons. The molecule has 0 amide bonds. The summed E-state index contributed by atoms with van der Waals surface area (Å²) in [6.45, 7) is -0.225. The van der Waals surface area contributed by atoms with Gasteiger partial charge in [0.05, 0.1) is 0 Å². The number of aliphatic hydroxyl groups excluding tert-OH is 1. The summed E-state index contributed by atoms with van der Waals surface area (Å²) in [4.78, 5) is 23.2. The van der Waals surface area contributed by atoms with Crippen LogP contribution in [0.3, 0.4) is 0 Å². The smallest absolute Gasteiger partial charge is 0.305 e. The third-order valence-corrected chi connectivity index (χ3v) is 4.54. The molecule has 1 N–H and O–H groups in total. The zero-order chi connectivity index (χ0) is 18.9. The summed E-state index contributed by atoms with van der Waals surface area (Å²) in [6, 6.07) is 0. The van der Waals surface area contributed by atoms with Crippen molar-refractivity contribution in [2.45, 2.75) is 96.0 Å². The first-order valence-corrected chi connectivity index (χ1v) is 10.3. The van der Waals surface area contributed by atoms with Crippen LogP contribution in [0.25, 0.3) is 0 Å². The Bertz CT molecular complexity index is 369. The molecule has 0 saturated carbocycles. The molecule has 1 rings (SSSR count). The van der Waals surface area contributed by atoms with Gasteiger partial charge >= 0.3 is 11.9 Å². The molecule has 1 aliphatic heterocycles. The molecule has 0 aliphatic carbocycles. The molecule has 0 saturated heterocycles. The molecule has 0 aromatic rings. The molecule has 0 atom stereocenters. The van der Waals surface area contributed by atoms with Crippen LogP contribution in [0.5, 0.6) is 0 Å². The highest BCUT2D eigenvalue weighted by Crippen LogP contribution is 2.11. The molecular formula is C21H36O5. The molecule has 0 aromatic carbocycles. The number of hydrogen-bond donors (Lipinski definition) is 1. The van der Waals surface area contributed by atoms with Gasteiger partial charge in [-0.3, -0.25) is 9.59 Å². The van der Waals surface area contributed by atoms with E-state index in [0.29, 0.717) is 12.8 Å². The third-order valence-electron chi connectivity index (χ3n) is 4.54. The summed E-state index contributed by atoms with van der Waals surface area (Å²) < 4.78 is 10.1. The highest BCUT2D eigenvalue weighted by molar-refractivity contribution is 5.69. The second-order valence-electron chi connectivity index (χ2n) is 7.10. The van der Waals surface area contributed by atoms with Gasteiger partial charge in [0.25, 0.3) is 0 Å². The van der Waals surface area contributed by atoms with Crippen LogP contribution < -0.4 is 0 Å². The maximum atomic E-state index is 11.6. The largest absolute Gasteiger partial charge is 0.463 e. The number of cyclic esters (lactones) is 2. The van der Waals surface area contributed by atoms with Crippen molar-refractivity contribution < 1.29 is 24.2 Å². The highest BCUT2D eigenvalue weighted by atomic mass is 16.6. The Hall–Kier alpha value is -1.36. The highest BCUT2D eigenvalue weighted by Gasteiger charge is 2.12. The third kappa shape index (κ3) is 13.9. The van der Waals surface area contributed by atoms with Crippen molar-refractivity contribution in [3.8, 4) is 0 Å². The van der Waals surface area contributed by atoms with Crippen molar-refractivity contribution in [3.63, 3.8) is 0 Å². The van der Waals surface area contributed by atoms with Gasteiger partial charge in [-0.2, -0.15) is 0 Å². The zero-order valence-electron chi connectivity index (χ0n) is 16.1. The zero-order valence-corrected chi connectivity index (χ0v) is 16.1. The van der Waals surface area contributed by atoms with E-state index in [9.17, 15) is 14.7 Å². The minimum absolute atomic E-state index is 0.113. The summed E-state index contributed by atoms with van der Waals surface area (Å²) in [7, 11) is 0. The van der Waals surface area contributed by atoms with E-state index >= 15 is 0 Å². The predicted molar refractivity (Wildman–Crippen MR) is 102 cm³/mol. The molecule has 0 fully saturated rings.